The summed E-state index contributed by atoms with van der Waals surface area (Å²) in [5.74, 6) is 0.464. The van der Waals surface area contributed by atoms with Crippen LogP contribution in [0.15, 0.2) is 12.1 Å². The smallest absolute Gasteiger partial charge is 0.197 e. The third-order valence-corrected chi connectivity index (χ3v) is 2.58. The van der Waals surface area contributed by atoms with E-state index < -0.39 is 0 Å². The molecule has 0 unspecified atom stereocenters. The summed E-state index contributed by atoms with van der Waals surface area (Å²) in [4.78, 5) is 0. The van der Waals surface area contributed by atoms with Crippen LogP contribution >= 0.6 is 0 Å². The van der Waals surface area contributed by atoms with Gasteiger partial charge in [0.2, 0.25) is 0 Å². The van der Waals surface area contributed by atoms with E-state index in [1.165, 1.54) is 6.07 Å². The van der Waals surface area contributed by atoms with E-state index in [4.69, 9.17) is 15.2 Å². The first-order valence-corrected chi connectivity index (χ1v) is 5.60. The van der Waals surface area contributed by atoms with Crippen LogP contribution in [-0.2, 0) is 6.42 Å². The Balaban J connectivity index is 2.31. The van der Waals surface area contributed by atoms with Gasteiger partial charge in [0.05, 0.1) is 13.2 Å². The molecule has 2 N–H and O–H groups in total. The number of ether oxygens (including phenoxy) is 2. The van der Waals surface area contributed by atoms with E-state index in [1.54, 1.807) is 6.07 Å². The van der Waals surface area contributed by atoms with Gasteiger partial charge in [0, 0.05) is 6.42 Å². The SMILES string of the molecule is NCCCc1ccc(F)c2c1OCCCO2. The largest absolute Gasteiger partial charge is 0.489 e. The van der Waals surface area contributed by atoms with Gasteiger partial charge in [-0.1, -0.05) is 6.07 Å². The van der Waals surface area contributed by atoms with Crippen LogP contribution in [0.1, 0.15) is 18.4 Å². The molecular weight excluding hydrogens is 209 g/mol. The predicted molar refractivity (Wildman–Crippen MR) is 59.4 cm³/mol. The molecule has 0 aromatic heterocycles. The number of halogens is 1. The van der Waals surface area contributed by atoms with Gasteiger partial charge in [0.15, 0.2) is 17.3 Å². The number of aryl methyl sites for hydroxylation is 1. The minimum Gasteiger partial charge on any atom is -0.489 e. The summed E-state index contributed by atoms with van der Waals surface area (Å²) >= 11 is 0. The van der Waals surface area contributed by atoms with Crippen LogP contribution < -0.4 is 15.2 Å². The van der Waals surface area contributed by atoms with Gasteiger partial charge in [-0.2, -0.15) is 0 Å². The molecule has 0 radical (unpaired) electrons. The Labute approximate surface area is 94.3 Å². The van der Waals surface area contributed by atoms with Crippen molar-refractivity contribution in [3.05, 3.63) is 23.5 Å². The van der Waals surface area contributed by atoms with Gasteiger partial charge in [0.1, 0.15) is 0 Å². The van der Waals surface area contributed by atoms with Gasteiger partial charge in [-0.05, 0) is 31.0 Å². The second kappa shape index (κ2) is 5.16. The van der Waals surface area contributed by atoms with E-state index in [2.05, 4.69) is 0 Å². The van der Waals surface area contributed by atoms with Crippen LogP contribution in [0.2, 0.25) is 0 Å². The maximum Gasteiger partial charge on any atom is 0.197 e. The normalized spacial score (nSPS) is 14.6. The van der Waals surface area contributed by atoms with Crippen molar-refractivity contribution in [1.29, 1.82) is 0 Å². The third-order valence-electron chi connectivity index (χ3n) is 2.58. The van der Waals surface area contributed by atoms with Crippen molar-refractivity contribution in [2.24, 2.45) is 5.73 Å². The van der Waals surface area contributed by atoms with E-state index in [1.807, 2.05) is 0 Å². The van der Waals surface area contributed by atoms with Crippen LogP contribution in [0.3, 0.4) is 0 Å². The lowest BCUT2D eigenvalue weighted by Crippen LogP contribution is -2.03. The zero-order valence-electron chi connectivity index (χ0n) is 9.17. The molecule has 1 aromatic carbocycles. The summed E-state index contributed by atoms with van der Waals surface area (Å²) in [7, 11) is 0. The molecule has 0 bridgehead atoms. The first kappa shape index (κ1) is 11.2. The lowest BCUT2D eigenvalue weighted by atomic mass is 10.1. The van der Waals surface area contributed by atoms with E-state index in [0.29, 0.717) is 25.5 Å². The van der Waals surface area contributed by atoms with E-state index >= 15 is 0 Å². The maximum absolute atomic E-state index is 13.5. The maximum atomic E-state index is 13.5. The van der Waals surface area contributed by atoms with Gasteiger partial charge in [-0.15, -0.1) is 0 Å². The molecule has 0 spiro atoms. The summed E-state index contributed by atoms with van der Waals surface area (Å²) < 4.78 is 24.4. The van der Waals surface area contributed by atoms with E-state index in [-0.39, 0.29) is 11.6 Å². The number of fused-ring (bicyclic) bond motifs is 1. The van der Waals surface area contributed by atoms with Crippen LogP contribution in [0.4, 0.5) is 4.39 Å². The van der Waals surface area contributed by atoms with E-state index in [0.717, 1.165) is 24.8 Å². The molecule has 1 heterocycles. The molecule has 4 heteroatoms. The molecule has 0 saturated heterocycles. The fourth-order valence-corrected chi connectivity index (χ4v) is 1.77. The third kappa shape index (κ3) is 2.27. The van der Waals surface area contributed by atoms with Crippen molar-refractivity contribution in [1.82, 2.24) is 0 Å². The highest BCUT2D eigenvalue weighted by molar-refractivity contribution is 5.48. The minimum absolute atomic E-state index is 0.257. The Hall–Kier alpha value is -1.29. The van der Waals surface area contributed by atoms with Gasteiger partial charge in [-0.25, -0.2) is 4.39 Å². The summed E-state index contributed by atoms with van der Waals surface area (Å²) in [5, 5.41) is 0. The number of hydrogen-bond acceptors (Lipinski definition) is 3. The van der Waals surface area contributed by atoms with Crippen molar-refractivity contribution >= 4 is 0 Å². The molecular formula is C12H16FNO2. The van der Waals surface area contributed by atoms with Crippen LogP contribution in [0.5, 0.6) is 11.5 Å². The van der Waals surface area contributed by atoms with Crippen molar-refractivity contribution in [3.63, 3.8) is 0 Å². The monoisotopic (exact) mass is 225 g/mol. The zero-order chi connectivity index (χ0) is 11.4. The van der Waals surface area contributed by atoms with Gasteiger partial charge >= 0.3 is 0 Å². The fraction of sp³-hybridized carbons (Fsp3) is 0.500. The Bertz CT molecular complexity index is 368. The highest BCUT2D eigenvalue weighted by atomic mass is 19.1. The number of hydrogen-bond donors (Lipinski definition) is 1. The number of nitrogens with two attached hydrogens (primary N) is 1. The first-order chi connectivity index (χ1) is 7.83. The Morgan fingerprint density at radius 1 is 1.19 bits per heavy atom. The second-order valence-electron chi connectivity index (χ2n) is 3.81. The highest BCUT2D eigenvalue weighted by Gasteiger charge is 2.18. The van der Waals surface area contributed by atoms with Gasteiger partial charge in [-0.3, -0.25) is 0 Å². The van der Waals surface area contributed by atoms with Crippen LogP contribution in [0.25, 0.3) is 0 Å². The molecule has 16 heavy (non-hydrogen) atoms. The number of benzene rings is 1. The van der Waals surface area contributed by atoms with Gasteiger partial charge < -0.3 is 15.2 Å². The van der Waals surface area contributed by atoms with Crippen molar-refractivity contribution in [2.45, 2.75) is 19.3 Å². The molecule has 1 aromatic rings. The average Bonchev–Trinajstić information content (AvgIpc) is 2.54. The zero-order valence-corrected chi connectivity index (χ0v) is 9.17. The summed E-state index contributed by atoms with van der Waals surface area (Å²) in [6.07, 6.45) is 2.44. The molecule has 2 rings (SSSR count). The van der Waals surface area contributed by atoms with Crippen LogP contribution in [0, 0.1) is 5.82 Å². The summed E-state index contributed by atoms with van der Waals surface area (Å²) in [6.45, 7) is 1.70. The van der Waals surface area contributed by atoms with Crippen molar-refractivity contribution < 1.29 is 13.9 Å². The standard InChI is InChI=1S/C12H16FNO2/c13-10-5-4-9(3-1-6-14)11-12(10)16-8-2-7-15-11/h4-5H,1-3,6-8,14H2. The topological polar surface area (TPSA) is 44.5 Å². The molecule has 0 saturated carbocycles. The fourth-order valence-electron chi connectivity index (χ4n) is 1.77. The quantitative estimate of drug-likeness (QED) is 0.854. The Morgan fingerprint density at radius 3 is 2.69 bits per heavy atom. The minimum atomic E-state index is -0.353. The van der Waals surface area contributed by atoms with Crippen LogP contribution in [-0.4, -0.2) is 19.8 Å². The predicted octanol–water partition coefficient (Wildman–Crippen LogP) is 1.88. The van der Waals surface area contributed by atoms with E-state index in [9.17, 15) is 4.39 Å². The molecule has 1 aliphatic heterocycles. The van der Waals surface area contributed by atoms with Gasteiger partial charge in [0.25, 0.3) is 0 Å². The van der Waals surface area contributed by atoms with Crippen molar-refractivity contribution in [3.8, 4) is 11.5 Å². The molecule has 3 nitrogen and oxygen atoms in total. The molecule has 1 aliphatic rings. The molecule has 88 valence electrons. The number of rotatable bonds is 3. The molecule has 0 aliphatic carbocycles. The Morgan fingerprint density at radius 2 is 1.94 bits per heavy atom. The summed E-state index contributed by atoms with van der Waals surface area (Å²) in [6, 6.07) is 3.18. The highest BCUT2D eigenvalue weighted by Crippen LogP contribution is 2.36. The lowest BCUT2D eigenvalue weighted by Gasteiger charge is -2.12. The average molecular weight is 225 g/mol. The molecule has 0 amide bonds. The first-order valence-electron chi connectivity index (χ1n) is 5.60. The Kier molecular flexibility index (Phi) is 3.62. The summed E-state index contributed by atoms with van der Waals surface area (Å²) in [5.41, 5.74) is 6.44. The molecule has 0 atom stereocenters. The molecule has 0 fully saturated rings. The second-order valence-corrected chi connectivity index (χ2v) is 3.81. The van der Waals surface area contributed by atoms with Crippen molar-refractivity contribution in [2.75, 3.05) is 19.8 Å². The lowest BCUT2D eigenvalue weighted by molar-refractivity contribution is 0.291.